The average molecular weight is 525 g/mol. The summed E-state index contributed by atoms with van der Waals surface area (Å²) < 4.78 is 20.2. The lowest BCUT2D eigenvalue weighted by molar-refractivity contribution is -0.150. The lowest BCUT2D eigenvalue weighted by Crippen LogP contribution is -2.28. The van der Waals surface area contributed by atoms with Gasteiger partial charge in [0.25, 0.3) is 0 Å². The molecule has 0 aliphatic heterocycles. The van der Waals surface area contributed by atoms with E-state index < -0.39 is 0 Å². The molecule has 2 atom stereocenters. The minimum absolute atomic E-state index is 0.154. The number of esters is 2. The maximum absolute atomic E-state index is 11.6. The first kappa shape index (κ1) is 34.9. The molecular formula is C24H44O8S2. The number of carbonyl (C=O) groups is 4. The van der Waals surface area contributed by atoms with Crippen molar-refractivity contribution >= 4 is 44.1 Å². The zero-order valence-electron chi connectivity index (χ0n) is 21.6. The summed E-state index contributed by atoms with van der Waals surface area (Å²) in [6, 6.07) is 0. The number of ketones is 2. The minimum atomic E-state index is -0.249. The molecule has 0 rings (SSSR count). The van der Waals surface area contributed by atoms with Crippen LogP contribution >= 0.6 is 0 Å². The van der Waals surface area contributed by atoms with Gasteiger partial charge in [-0.2, -0.15) is 0 Å². The Morgan fingerprint density at radius 1 is 0.735 bits per heavy atom. The molecule has 34 heavy (non-hydrogen) atoms. The van der Waals surface area contributed by atoms with Crippen LogP contribution in [-0.2, 0) is 58.8 Å². The first-order valence-corrected chi connectivity index (χ1v) is 14.5. The van der Waals surface area contributed by atoms with Crippen molar-refractivity contribution in [2.75, 3.05) is 46.0 Å². The molecule has 0 N–H and O–H groups in total. The number of rotatable bonds is 20. The number of carbonyl (C=O) groups excluding carboxylic acids is 4. The fourth-order valence-corrected chi connectivity index (χ4v) is 3.85. The van der Waals surface area contributed by atoms with Gasteiger partial charge in [-0.05, 0) is 58.6 Å². The van der Waals surface area contributed by atoms with Crippen molar-refractivity contribution in [3.05, 3.63) is 0 Å². The first-order valence-electron chi connectivity index (χ1n) is 11.7. The topological polar surface area (TPSA) is 105 Å². The van der Waals surface area contributed by atoms with Gasteiger partial charge in [-0.3, -0.25) is 9.59 Å². The third-order valence-electron chi connectivity index (χ3n) is 4.40. The quantitative estimate of drug-likeness (QED) is 0.175. The highest BCUT2D eigenvalue weighted by Gasteiger charge is 2.14. The van der Waals surface area contributed by atoms with Crippen molar-refractivity contribution in [1.29, 1.82) is 0 Å². The number of hydrogen-bond acceptors (Lipinski definition) is 9. The second-order valence-corrected chi connectivity index (χ2v) is 11.2. The Bertz CT molecular complexity index is 596. The minimum Gasteiger partial charge on any atom is -0.466 e. The second-order valence-electron chi connectivity index (χ2n) is 8.05. The smallest absolute Gasteiger partial charge is 0.306 e. The van der Waals surface area contributed by atoms with Gasteiger partial charge in [0.1, 0.15) is 17.7 Å². The molecule has 0 bridgehead atoms. The molecule has 0 aliphatic carbocycles. The Balaban J connectivity index is 0. The molecule has 0 radical (unpaired) electrons. The molecule has 0 heterocycles. The highest BCUT2D eigenvalue weighted by Crippen LogP contribution is 2.05. The van der Waals surface area contributed by atoms with E-state index in [0.29, 0.717) is 57.7 Å². The summed E-state index contributed by atoms with van der Waals surface area (Å²) >= 11 is 5.10. The number of ether oxygens (including phenoxy) is 4. The van der Waals surface area contributed by atoms with Crippen LogP contribution in [0.15, 0.2) is 0 Å². The summed E-state index contributed by atoms with van der Waals surface area (Å²) in [7, 11) is 3.03. The standard InChI is InChI=1S/C12H22O4S2.C12H22O4/c1-10(13)6-4-5-7-12(14)16-11(8-15-2)9-18(3)17;1-11(13)7-3-4-8-12(14)16-10-6-5-9-15-2/h11H,4-9H2,1-3H3;3-10H2,1-2H3. The number of hydrogen-bond donors (Lipinski definition) is 0. The molecule has 200 valence electrons. The van der Waals surface area contributed by atoms with Crippen LogP contribution in [-0.4, -0.2) is 75.7 Å². The molecule has 0 amide bonds. The fraction of sp³-hybridized carbons (Fsp3) is 0.833. The van der Waals surface area contributed by atoms with E-state index in [1.807, 2.05) is 6.26 Å². The van der Waals surface area contributed by atoms with Gasteiger partial charge in [0.2, 0.25) is 0 Å². The molecule has 0 fully saturated rings. The van der Waals surface area contributed by atoms with E-state index in [-0.39, 0.29) is 39.1 Å². The molecule has 0 saturated carbocycles. The van der Waals surface area contributed by atoms with E-state index in [1.165, 1.54) is 0 Å². The maximum atomic E-state index is 11.6. The van der Waals surface area contributed by atoms with Crippen molar-refractivity contribution in [2.45, 2.75) is 84.2 Å². The van der Waals surface area contributed by atoms with E-state index in [4.69, 9.17) is 30.1 Å². The summed E-state index contributed by atoms with van der Waals surface area (Å²) in [4.78, 5) is 44.1. The van der Waals surface area contributed by atoms with Crippen LogP contribution in [0, 0.1) is 0 Å². The van der Waals surface area contributed by atoms with Crippen molar-refractivity contribution in [1.82, 2.24) is 0 Å². The van der Waals surface area contributed by atoms with Gasteiger partial charge in [0, 0.05) is 52.3 Å². The van der Waals surface area contributed by atoms with Crippen LogP contribution in [0.3, 0.4) is 0 Å². The number of Topliss-reactive ketones (excluding diaryl/α,β-unsaturated/α-hetero) is 2. The summed E-state index contributed by atoms with van der Waals surface area (Å²) in [5.41, 5.74) is 0. The van der Waals surface area contributed by atoms with E-state index in [1.54, 1.807) is 28.1 Å². The zero-order valence-corrected chi connectivity index (χ0v) is 23.2. The Labute approximate surface area is 212 Å². The average Bonchev–Trinajstić information content (AvgIpc) is 2.74. The highest BCUT2D eigenvalue weighted by atomic mass is 32.8. The third kappa shape index (κ3) is 28.8. The van der Waals surface area contributed by atoms with Crippen LogP contribution in [0.5, 0.6) is 0 Å². The van der Waals surface area contributed by atoms with Crippen molar-refractivity contribution < 1.29 is 38.1 Å². The Morgan fingerprint density at radius 2 is 1.24 bits per heavy atom. The van der Waals surface area contributed by atoms with E-state index >= 15 is 0 Å². The zero-order chi connectivity index (χ0) is 26.2. The molecule has 0 spiro atoms. The molecule has 0 aromatic heterocycles. The monoisotopic (exact) mass is 524 g/mol. The predicted molar refractivity (Wildman–Crippen MR) is 138 cm³/mol. The second kappa shape index (κ2) is 24.9. The Kier molecular flexibility index (Phi) is 25.6. The van der Waals surface area contributed by atoms with Crippen LogP contribution < -0.4 is 0 Å². The molecule has 2 unspecified atom stereocenters. The summed E-state index contributed by atoms with van der Waals surface area (Å²) in [6.45, 7) is 4.67. The van der Waals surface area contributed by atoms with Crippen LogP contribution in [0.1, 0.15) is 78.1 Å². The van der Waals surface area contributed by atoms with Crippen molar-refractivity contribution in [2.24, 2.45) is 0 Å². The summed E-state index contributed by atoms with van der Waals surface area (Å²) in [6.07, 6.45) is 8.20. The van der Waals surface area contributed by atoms with Crippen LogP contribution in [0.25, 0.3) is 0 Å². The third-order valence-corrected chi connectivity index (χ3v) is 5.65. The Hall–Kier alpha value is -1.23. The lowest BCUT2D eigenvalue weighted by Gasteiger charge is -2.16. The van der Waals surface area contributed by atoms with Crippen molar-refractivity contribution in [3.63, 3.8) is 0 Å². The number of methoxy groups -OCH3 is 2. The van der Waals surface area contributed by atoms with Gasteiger partial charge in [0.05, 0.1) is 13.2 Å². The largest absolute Gasteiger partial charge is 0.466 e. The molecule has 0 aliphatic rings. The molecule has 0 aromatic carbocycles. The fourth-order valence-electron chi connectivity index (χ4n) is 2.70. The van der Waals surface area contributed by atoms with Gasteiger partial charge in [-0.25, -0.2) is 0 Å². The van der Waals surface area contributed by atoms with Crippen LogP contribution in [0.2, 0.25) is 0 Å². The van der Waals surface area contributed by atoms with Gasteiger partial charge in [-0.15, -0.1) is 9.45 Å². The Morgan fingerprint density at radius 3 is 1.71 bits per heavy atom. The molecule has 0 saturated heterocycles. The predicted octanol–water partition coefficient (Wildman–Crippen LogP) is 3.51. The molecule has 10 heteroatoms. The summed E-state index contributed by atoms with van der Waals surface area (Å²) in [5.74, 6) is 0.583. The molecular weight excluding hydrogens is 480 g/mol. The van der Waals surface area contributed by atoms with Gasteiger partial charge in [0.15, 0.2) is 0 Å². The van der Waals surface area contributed by atoms with Crippen LogP contribution in [0.4, 0.5) is 0 Å². The van der Waals surface area contributed by atoms with E-state index in [2.05, 4.69) is 0 Å². The number of unbranched alkanes of at least 4 members (excludes halogenated alkanes) is 3. The summed E-state index contributed by atoms with van der Waals surface area (Å²) in [5, 5.41) is 0. The van der Waals surface area contributed by atoms with Gasteiger partial charge >= 0.3 is 11.9 Å². The van der Waals surface area contributed by atoms with Gasteiger partial charge in [-0.1, -0.05) is 11.2 Å². The lowest BCUT2D eigenvalue weighted by atomic mass is 10.1. The highest BCUT2D eigenvalue weighted by molar-refractivity contribution is 8.28. The van der Waals surface area contributed by atoms with E-state index in [9.17, 15) is 19.2 Å². The van der Waals surface area contributed by atoms with Crippen molar-refractivity contribution in [3.8, 4) is 0 Å². The molecule has 0 aromatic rings. The maximum Gasteiger partial charge on any atom is 0.306 e. The first-order chi connectivity index (χ1) is 16.1. The molecule has 8 nitrogen and oxygen atoms in total. The SMILES string of the molecule is COCC(CS(C)=S)OC(=O)CCCCC(C)=O.COCCCCOC(=O)CCCCC(C)=O. The van der Waals surface area contributed by atoms with Gasteiger partial charge < -0.3 is 28.5 Å². The van der Waals surface area contributed by atoms with E-state index in [0.717, 1.165) is 32.1 Å². The normalized spacial score (nSPS) is 12.1.